The number of rotatable bonds is 3. The highest BCUT2D eigenvalue weighted by atomic mass is 16.5. The lowest BCUT2D eigenvalue weighted by Gasteiger charge is -2.26. The van der Waals surface area contributed by atoms with Gasteiger partial charge in [-0.1, -0.05) is 18.2 Å². The number of carbonyl (C=O) groups is 1. The van der Waals surface area contributed by atoms with Gasteiger partial charge in [-0.2, -0.15) is 5.10 Å². The Labute approximate surface area is 130 Å². The lowest BCUT2D eigenvalue weighted by atomic mass is 10.00. The first-order valence-corrected chi connectivity index (χ1v) is 7.56. The second-order valence-corrected chi connectivity index (χ2v) is 5.74. The van der Waals surface area contributed by atoms with Crippen molar-refractivity contribution in [3.8, 4) is 5.75 Å². The molecule has 2 aromatic rings. The minimum Gasteiger partial charge on any atom is -0.493 e. The Morgan fingerprint density at radius 1 is 1.41 bits per heavy atom. The Hall–Kier alpha value is -2.30. The van der Waals surface area contributed by atoms with Crippen LogP contribution >= 0.6 is 0 Å². The molecule has 116 valence electrons. The number of aromatic nitrogens is 2. The van der Waals surface area contributed by atoms with Gasteiger partial charge in [0.1, 0.15) is 5.75 Å². The highest BCUT2D eigenvalue weighted by Gasteiger charge is 2.23. The van der Waals surface area contributed by atoms with Crippen molar-refractivity contribution in [3.05, 3.63) is 46.8 Å². The van der Waals surface area contributed by atoms with Crippen molar-refractivity contribution in [3.63, 3.8) is 0 Å². The van der Waals surface area contributed by atoms with Crippen LogP contribution in [0.5, 0.6) is 5.75 Å². The molecule has 0 spiro atoms. The molecule has 1 N–H and O–H groups in total. The number of hydrogen-bond acceptors (Lipinski definition) is 3. The van der Waals surface area contributed by atoms with Gasteiger partial charge in [0, 0.05) is 30.3 Å². The van der Waals surface area contributed by atoms with Gasteiger partial charge in [0.25, 0.3) is 0 Å². The Morgan fingerprint density at radius 2 is 2.18 bits per heavy atom. The summed E-state index contributed by atoms with van der Waals surface area (Å²) in [5.41, 5.74) is 4.03. The van der Waals surface area contributed by atoms with E-state index >= 15 is 0 Å². The number of para-hydroxylation sites is 1. The normalized spacial score (nSPS) is 16.8. The molecule has 1 aromatic carbocycles. The number of carbonyl (C=O) groups excluding carboxylic acids is 1. The van der Waals surface area contributed by atoms with Gasteiger partial charge in [-0.05, 0) is 19.9 Å². The monoisotopic (exact) mass is 299 g/mol. The molecular formula is C17H21N3O2. The van der Waals surface area contributed by atoms with Gasteiger partial charge in [-0.3, -0.25) is 9.48 Å². The van der Waals surface area contributed by atoms with Gasteiger partial charge in [-0.25, -0.2) is 0 Å². The summed E-state index contributed by atoms with van der Waals surface area (Å²) in [7, 11) is 1.90. The van der Waals surface area contributed by atoms with Gasteiger partial charge in [0.2, 0.25) is 5.91 Å². The Kier molecular flexibility index (Phi) is 3.88. The quantitative estimate of drug-likeness (QED) is 0.945. The summed E-state index contributed by atoms with van der Waals surface area (Å²) in [6.45, 7) is 4.57. The zero-order valence-electron chi connectivity index (χ0n) is 13.2. The van der Waals surface area contributed by atoms with Crippen molar-refractivity contribution in [2.24, 2.45) is 7.05 Å². The second kappa shape index (κ2) is 5.83. The highest BCUT2D eigenvalue weighted by Crippen LogP contribution is 2.31. The average molecular weight is 299 g/mol. The van der Waals surface area contributed by atoms with Crippen LogP contribution in [0.3, 0.4) is 0 Å². The molecule has 0 saturated carbocycles. The zero-order chi connectivity index (χ0) is 15.7. The van der Waals surface area contributed by atoms with Crippen LogP contribution in [-0.4, -0.2) is 22.3 Å². The maximum atomic E-state index is 12.4. The minimum absolute atomic E-state index is 0.0229. The summed E-state index contributed by atoms with van der Waals surface area (Å²) in [6.07, 6.45) is 1.17. The largest absolute Gasteiger partial charge is 0.493 e. The maximum absolute atomic E-state index is 12.4. The van der Waals surface area contributed by atoms with E-state index in [0.29, 0.717) is 13.0 Å². The molecular weight excluding hydrogens is 278 g/mol. The molecule has 1 unspecified atom stereocenters. The molecule has 0 saturated heterocycles. The van der Waals surface area contributed by atoms with Crippen LogP contribution in [0.25, 0.3) is 0 Å². The lowest BCUT2D eigenvalue weighted by molar-refractivity contribution is -0.121. The van der Waals surface area contributed by atoms with E-state index in [9.17, 15) is 4.79 Å². The van der Waals surface area contributed by atoms with E-state index in [1.807, 2.05) is 49.8 Å². The maximum Gasteiger partial charge on any atom is 0.225 e. The third-order valence-electron chi connectivity index (χ3n) is 4.29. The first-order valence-electron chi connectivity index (χ1n) is 7.56. The van der Waals surface area contributed by atoms with Crippen LogP contribution in [0, 0.1) is 13.8 Å². The molecule has 1 aliphatic rings. The fourth-order valence-electron chi connectivity index (χ4n) is 2.97. The van der Waals surface area contributed by atoms with Crippen molar-refractivity contribution in [1.29, 1.82) is 0 Å². The summed E-state index contributed by atoms with van der Waals surface area (Å²) < 4.78 is 7.45. The summed E-state index contributed by atoms with van der Waals surface area (Å²) in [5, 5.41) is 7.49. The SMILES string of the molecule is Cc1nn(C)c(C)c1CC(=O)NC1CCOc2ccccc21. The van der Waals surface area contributed by atoms with Crippen LogP contribution in [0.15, 0.2) is 24.3 Å². The van der Waals surface area contributed by atoms with E-state index in [1.54, 1.807) is 0 Å². The third-order valence-corrected chi connectivity index (χ3v) is 4.29. The molecule has 0 aliphatic carbocycles. The van der Waals surface area contributed by atoms with E-state index in [0.717, 1.165) is 34.7 Å². The predicted octanol–water partition coefficient (Wildman–Crippen LogP) is 2.22. The molecule has 1 aliphatic heterocycles. The Bertz CT molecular complexity index is 706. The number of nitrogens with one attached hydrogen (secondary N) is 1. The van der Waals surface area contributed by atoms with Gasteiger partial charge in [0.15, 0.2) is 0 Å². The summed E-state index contributed by atoms with van der Waals surface area (Å²) in [5.74, 6) is 0.897. The van der Waals surface area contributed by atoms with Crippen molar-refractivity contribution in [2.75, 3.05) is 6.61 Å². The number of nitrogens with zero attached hydrogens (tertiary/aromatic N) is 2. The predicted molar refractivity (Wildman–Crippen MR) is 83.8 cm³/mol. The fraction of sp³-hybridized carbons (Fsp3) is 0.412. The second-order valence-electron chi connectivity index (χ2n) is 5.74. The van der Waals surface area contributed by atoms with Crippen LogP contribution in [0.2, 0.25) is 0 Å². The smallest absolute Gasteiger partial charge is 0.225 e. The summed E-state index contributed by atoms with van der Waals surface area (Å²) in [6, 6.07) is 7.91. The standard InChI is InChI=1S/C17H21N3O2/c1-11-14(12(2)20(3)19-11)10-17(21)18-15-8-9-22-16-7-5-4-6-13(15)16/h4-7,15H,8-10H2,1-3H3,(H,18,21). The molecule has 0 fully saturated rings. The van der Waals surface area contributed by atoms with Crippen LogP contribution in [-0.2, 0) is 18.3 Å². The van der Waals surface area contributed by atoms with Gasteiger partial charge in [-0.15, -0.1) is 0 Å². The number of amides is 1. The topological polar surface area (TPSA) is 56.2 Å². The minimum atomic E-state index is 0.0229. The molecule has 0 bridgehead atoms. The van der Waals surface area contributed by atoms with Crippen molar-refractivity contribution in [2.45, 2.75) is 32.7 Å². The number of fused-ring (bicyclic) bond motifs is 1. The first-order chi connectivity index (χ1) is 10.6. The van der Waals surface area contributed by atoms with Crippen LogP contribution < -0.4 is 10.1 Å². The molecule has 0 radical (unpaired) electrons. The van der Waals surface area contributed by atoms with Crippen molar-refractivity contribution in [1.82, 2.24) is 15.1 Å². The van der Waals surface area contributed by atoms with Gasteiger partial charge < -0.3 is 10.1 Å². The fourth-order valence-corrected chi connectivity index (χ4v) is 2.97. The van der Waals surface area contributed by atoms with Crippen LogP contribution in [0.1, 0.15) is 35.0 Å². The van der Waals surface area contributed by atoms with Gasteiger partial charge >= 0.3 is 0 Å². The number of aryl methyl sites for hydroxylation is 2. The number of hydrogen-bond donors (Lipinski definition) is 1. The molecule has 5 heteroatoms. The number of benzene rings is 1. The highest BCUT2D eigenvalue weighted by molar-refractivity contribution is 5.79. The van der Waals surface area contributed by atoms with Crippen molar-refractivity contribution >= 4 is 5.91 Å². The van der Waals surface area contributed by atoms with Gasteiger partial charge in [0.05, 0.1) is 24.8 Å². The average Bonchev–Trinajstić information content (AvgIpc) is 2.74. The van der Waals surface area contributed by atoms with E-state index in [2.05, 4.69) is 10.4 Å². The molecule has 2 heterocycles. The van der Waals surface area contributed by atoms with E-state index in [4.69, 9.17) is 4.74 Å². The molecule has 1 atom stereocenters. The third kappa shape index (κ3) is 2.71. The van der Waals surface area contributed by atoms with E-state index in [-0.39, 0.29) is 11.9 Å². The molecule has 22 heavy (non-hydrogen) atoms. The summed E-state index contributed by atoms with van der Waals surface area (Å²) >= 11 is 0. The van der Waals surface area contributed by atoms with E-state index in [1.165, 1.54) is 0 Å². The molecule has 1 aromatic heterocycles. The van der Waals surface area contributed by atoms with E-state index < -0.39 is 0 Å². The van der Waals surface area contributed by atoms with Crippen LogP contribution in [0.4, 0.5) is 0 Å². The summed E-state index contributed by atoms with van der Waals surface area (Å²) in [4.78, 5) is 12.4. The number of ether oxygens (including phenoxy) is 1. The molecule has 1 amide bonds. The Balaban J connectivity index is 1.73. The molecule has 5 nitrogen and oxygen atoms in total. The lowest BCUT2D eigenvalue weighted by Crippen LogP contribution is -2.33. The zero-order valence-corrected chi connectivity index (χ0v) is 13.2. The first kappa shape index (κ1) is 14.6. The Morgan fingerprint density at radius 3 is 2.91 bits per heavy atom. The molecule has 3 rings (SSSR count). The van der Waals surface area contributed by atoms with Crippen molar-refractivity contribution < 1.29 is 9.53 Å².